The van der Waals surface area contributed by atoms with Crippen molar-refractivity contribution in [1.29, 1.82) is 0 Å². The third-order valence-corrected chi connectivity index (χ3v) is 8.12. The van der Waals surface area contributed by atoms with Crippen molar-refractivity contribution in [3.05, 3.63) is 0 Å². The molecular weight excluding hydrogens is 188 g/mol. The second-order valence-corrected chi connectivity index (χ2v) is 8.90. The molecule has 14 heavy (non-hydrogen) atoms. The predicted molar refractivity (Wildman–Crippen MR) is 67.3 cm³/mol. The highest BCUT2D eigenvalue weighted by Gasteiger charge is 2.30. The summed E-state index contributed by atoms with van der Waals surface area (Å²) in [6.07, 6.45) is 4.21. The van der Waals surface area contributed by atoms with Gasteiger partial charge in [-0.1, -0.05) is 41.0 Å². The van der Waals surface area contributed by atoms with Gasteiger partial charge in [0.05, 0.1) is 0 Å². The van der Waals surface area contributed by atoms with Crippen LogP contribution in [0.4, 0.5) is 0 Å². The summed E-state index contributed by atoms with van der Waals surface area (Å²) in [6.45, 7) is 11.4. The number of rotatable bonds is 8. The summed E-state index contributed by atoms with van der Waals surface area (Å²) in [6, 6.07) is 3.83. The largest absolute Gasteiger partial charge is 0.414 e. The Morgan fingerprint density at radius 2 is 1.43 bits per heavy atom. The minimum Gasteiger partial charge on any atom is -0.414 e. The summed E-state index contributed by atoms with van der Waals surface area (Å²) in [5.74, 6) is 0. The molecule has 0 amide bonds. The molecule has 0 heterocycles. The Bertz CT molecular complexity index is 124. The highest BCUT2D eigenvalue weighted by molar-refractivity contribution is 6.73. The van der Waals surface area contributed by atoms with Gasteiger partial charge in [-0.25, -0.2) is 0 Å². The van der Waals surface area contributed by atoms with Crippen molar-refractivity contribution in [2.75, 3.05) is 0 Å². The van der Waals surface area contributed by atoms with E-state index in [0.717, 1.165) is 0 Å². The third kappa shape index (κ3) is 4.14. The molecule has 0 aromatic rings. The van der Waals surface area contributed by atoms with Crippen LogP contribution in [0, 0.1) is 0 Å². The van der Waals surface area contributed by atoms with Gasteiger partial charge in [0.1, 0.15) is 0 Å². The highest BCUT2D eigenvalue weighted by Crippen LogP contribution is 2.25. The van der Waals surface area contributed by atoms with Crippen LogP contribution in [0.5, 0.6) is 0 Å². The highest BCUT2D eigenvalue weighted by atomic mass is 28.4. The summed E-state index contributed by atoms with van der Waals surface area (Å²) in [4.78, 5) is 0. The zero-order valence-corrected chi connectivity index (χ0v) is 11.7. The van der Waals surface area contributed by atoms with Crippen molar-refractivity contribution < 1.29 is 4.43 Å². The number of hydrogen-bond donors (Lipinski definition) is 0. The quantitative estimate of drug-likeness (QED) is 0.539. The molecule has 0 aromatic heterocycles. The molecule has 0 rings (SSSR count). The smallest absolute Gasteiger partial charge is 0.192 e. The van der Waals surface area contributed by atoms with Crippen LogP contribution >= 0.6 is 0 Å². The van der Waals surface area contributed by atoms with Gasteiger partial charge in [-0.3, -0.25) is 0 Å². The summed E-state index contributed by atoms with van der Waals surface area (Å²) in [5, 5.41) is 0. The van der Waals surface area contributed by atoms with Crippen LogP contribution in [0.15, 0.2) is 0 Å². The number of hydrogen-bond acceptors (Lipinski definition) is 1. The van der Waals surface area contributed by atoms with Crippen LogP contribution in [0.1, 0.15) is 53.9 Å². The van der Waals surface area contributed by atoms with Gasteiger partial charge in [-0.15, -0.1) is 0 Å². The summed E-state index contributed by atoms with van der Waals surface area (Å²) in [7, 11) is -1.34. The molecule has 0 saturated carbocycles. The van der Waals surface area contributed by atoms with Gasteiger partial charge < -0.3 is 4.43 Å². The molecule has 1 unspecified atom stereocenters. The van der Waals surface area contributed by atoms with E-state index in [0.29, 0.717) is 6.10 Å². The van der Waals surface area contributed by atoms with E-state index in [4.69, 9.17) is 4.43 Å². The molecular formula is C12H28OSi. The lowest BCUT2D eigenvalue weighted by atomic mass is 10.2. The van der Waals surface area contributed by atoms with Crippen LogP contribution in [-0.4, -0.2) is 14.4 Å². The minimum absolute atomic E-state index is 0.534. The van der Waals surface area contributed by atoms with Crippen molar-refractivity contribution in [1.82, 2.24) is 0 Å². The van der Waals surface area contributed by atoms with Crippen molar-refractivity contribution in [3.8, 4) is 0 Å². The van der Waals surface area contributed by atoms with Gasteiger partial charge in [0.25, 0.3) is 0 Å². The normalized spacial score (nSPS) is 14.4. The van der Waals surface area contributed by atoms with Crippen molar-refractivity contribution >= 4 is 8.32 Å². The molecule has 0 aromatic carbocycles. The van der Waals surface area contributed by atoms with E-state index in [1.807, 2.05) is 0 Å². The van der Waals surface area contributed by atoms with Crippen LogP contribution in [0.25, 0.3) is 0 Å². The zero-order chi connectivity index (χ0) is 11.0. The Labute approximate surface area is 91.4 Å². The average molecular weight is 216 g/mol. The zero-order valence-electron chi connectivity index (χ0n) is 10.7. The maximum atomic E-state index is 6.41. The maximum Gasteiger partial charge on any atom is 0.192 e. The first-order chi connectivity index (χ1) is 6.67. The van der Waals surface area contributed by atoms with Gasteiger partial charge >= 0.3 is 0 Å². The van der Waals surface area contributed by atoms with Gasteiger partial charge in [0.2, 0.25) is 0 Å². The van der Waals surface area contributed by atoms with E-state index in [2.05, 4.69) is 34.6 Å². The Balaban J connectivity index is 4.24. The Morgan fingerprint density at radius 1 is 0.929 bits per heavy atom. The molecule has 0 bridgehead atoms. The van der Waals surface area contributed by atoms with Crippen LogP contribution in [0.3, 0.4) is 0 Å². The molecule has 86 valence electrons. The van der Waals surface area contributed by atoms with Gasteiger partial charge in [-0.05, 0) is 31.0 Å². The van der Waals surface area contributed by atoms with Gasteiger partial charge in [0, 0.05) is 6.10 Å². The van der Waals surface area contributed by atoms with Crippen molar-refractivity contribution in [3.63, 3.8) is 0 Å². The predicted octanol–water partition coefficient (Wildman–Crippen LogP) is 4.59. The first-order valence-corrected chi connectivity index (χ1v) is 8.88. The molecule has 2 heteroatoms. The average Bonchev–Trinajstić information content (AvgIpc) is 2.25. The Morgan fingerprint density at radius 3 is 1.71 bits per heavy atom. The summed E-state index contributed by atoms with van der Waals surface area (Å²) in [5.41, 5.74) is 0. The molecule has 0 radical (unpaired) electrons. The monoisotopic (exact) mass is 216 g/mol. The lowest BCUT2D eigenvalue weighted by Gasteiger charge is -2.32. The van der Waals surface area contributed by atoms with Crippen LogP contribution in [0.2, 0.25) is 18.1 Å². The van der Waals surface area contributed by atoms with Crippen LogP contribution in [-0.2, 0) is 4.43 Å². The van der Waals surface area contributed by atoms with E-state index in [9.17, 15) is 0 Å². The Hall–Kier alpha value is 0.177. The molecule has 0 saturated heterocycles. The van der Waals surface area contributed by atoms with Gasteiger partial charge in [-0.2, -0.15) is 0 Å². The second-order valence-electron chi connectivity index (χ2n) is 4.18. The Kier molecular flexibility index (Phi) is 7.56. The fourth-order valence-electron chi connectivity index (χ4n) is 2.02. The topological polar surface area (TPSA) is 9.23 Å². The van der Waals surface area contributed by atoms with E-state index in [1.165, 1.54) is 37.4 Å². The molecule has 0 aliphatic heterocycles. The molecule has 0 N–H and O–H groups in total. The summed E-state index contributed by atoms with van der Waals surface area (Å²) >= 11 is 0. The lowest BCUT2D eigenvalue weighted by molar-refractivity contribution is 0.171. The standard InChI is InChI=1S/C12H28OSi/c1-6-11-12(7-2)13-14(8-3,9-4)10-5/h12H,6-11H2,1-5H3. The van der Waals surface area contributed by atoms with Gasteiger partial charge in [0.15, 0.2) is 8.32 Å². The minimum atomic E-state index is -1.34. The molecule has 1 nitrogen and oxygen atoms in total. The van der Waals surface area contributed by atoms with E-state index >= 15 is 0 Å². The second kappa shape index (κ2) is 7.47. The lowest BCUT2D eigenvalue weighted by Crippen LogP contribution is -2.39. The first kappa shape index (κ1) is 14.2. The molecule has 0 aliphatic rings. The van der Waals surface area contributed by atoms with E-state index in [1.54, 1.807) is 0 Å². The fraction of sp³-hybridized carbons (Fsp3) is 1.00. The molecule has 1 atom stereocenters. The van der Waals surface area contributed by atoms with E-state index < -0.39 is 8.32 Å². The SMILES string of the molecule is CCCC(CC)O[Si](CC)(CC)CC. The summed E-state index contributed by atoms with van der Waals surface area (Å²) < 4.78 is 6.41. The molecule has 0 aliphatic carbocycles. The van der Waals surface area contributed by atoms with Crippen LogP contribution < -0.4 is 0 Å². The molecule has 0 spiro atoms. The maximum absolute atomic E-state index is 6.41. The van der Waals surface area contributed by atoms with Crippen molar-refractivity contribution in [2.24, 2.45) is 0 Å². The van der Waals surface area contributed by atoms with E-state index in [-0.39, 0.29) is 0 Å². The molecule has 0 fully saturated rings. The fourth-order valence-corrected chi connectivity index (χ4v) is 5.01. The first-order valence-electron chi connectivity index (χ1n) is 6.35. The third-order valence-electron chi connectivity index (χ3n) is 3.42. The van der Waals surface area contributed by atoms with Crippen molar-refractivity contribution in [2.45, 2.75) is 78.1 Å².